The van der Waals surface area contributed by atoms with Crippen LogP contribution >= 0.6 is 0 Å². The SMILES string of the molecule is Cc1cc(F)cc(C(=O)NCC(C(C)C)C(C)C)c1. The number of nitrogens with one attached hydrogen (secondary N) is 1. The molecule has 0 atom stereocenters. The number of halogens is 1. The van der Waals surface area contributed by atoms with Crippen LogP contribution in [0.5, 0.6) is 0 Å². The number of carbonyl (C=O) groups excluding carboxylic acids is 1. The van der Waals surface area contributed by atoms with Crippen molar-refractivity contribution < 1.29 is 9.18 Å². The van der Waals surface area contributed by atoms with E-state index in [1.807, 2.05) is 0 Å². The first-order valence-corrected chi connectivity index (χ1v) is 6.86. The van der Waals surface area contributed by atoms with Crippen molar-refractivity contribution in [2.24, 2.45) is 17.8 Å². The summed E-state index contributed by atoms with van der Waals surface area (Å²) in [6.07, 6.45) is 0. The molecular weight excluding hydrogens is 241 g/mol. The highest BCUT2D eigenvalue weighted by molar-refractivity contribution is 5.94. The normalized spacial score (nSPS) is 11.4. The van der Waals surface area contributed by atoms with E-state index in [2.05, 4.69) is 33.0 Å². The quantitative estimate of drug-likeness (QED) is 0.862. The van der Waals surface area contributed by atoms with Crippen molar-refractivity contribution in [1.29, 1.82) is 0 Å². The number of hydrogen-bond acceptors (Lipinski definition) is 1. The van der Waals surface area contributed by atoms with Gasteiger partial charge in [0.15, 0.2) is 0 Å². The van der Waals surface area contributed by atoms with E-state index in [1.165, 1.54) is 12.1 Å². The molecule has 1 amide bonds. The van der Waals surface area contributed by atoms with Crippen LogP contribution in [0, 0.1) is 30.5 Å². The van der Waals surface area contributed by atoms with Gasteiger partial charge in [0.05, 0.1) is 0 Å². The zero-order valence-electron chi connectivity index (χ0n) is 12.5. The molecule has 1 aromatic rings. The van der Waals surface area contributed by atoms with Crippen LogP contribution in [0.3, 0.4) is 0 Å². The monoisotopic (exact) mass is 265 g/mol. The Morgan fingerprint density at radius 1 is 1.16 bits per heavy atom. The third-order valence-corrected chi connectivity index (χ3v) is 3.52. The van der Waals surface area contributed by atoms with Gasteiger partial charge >= 0.3 is 0 Å². The predicted octanol–water partition coefficient (Wildman–Crippen LogP) is 3.79. The van der Waals surface area contributed by atoms with E-state index in [4.69, 9.17) is 0 Å². The first-order valence-electron chi connectivity index (χ1n) is 6.86. The predicted molar refractivity (Wildman–Crippen MR) is 76.6 cm³/mol. The molecule has 3 heteroatoms. The van der Waals surface area contributed by atoms with Gasteiger partial charge in [-0.1, -0.05) is 27.7 Å². The summed E-state index contributed by atoms with van der Waals surface area (Å²) in [4.78, 5) is 12.0. The first kappa shape index (κ1) is 15.7. The Labute approximate surface area is 115 Å². The molecule has 1 aromatic carbocycles. The van der Waals surface area contributed by atoms with E-state index < -0.39 is 0 Å². The molecule has 0 saturated heterocycles. The van der Waals surface area contributed by atoms with Gasteiger partial charge in [-0.25, -0.2) is 4.39 Å². The Hall–Kier alpha value is -1.38. The summed E-state index contributed by atoms with van der Waals surface area (Å²) in [5, 5.41) is 2.91. The smallest absolute Gasteiger partial charge is 0.251 e. The molecule has 0 aliphatic heterocycles. The molecule has 19 heavy (non-hydrogen) atoms. The van der Waals surface area contributed by atoms with Crippen molar-refractivity contribution in [2.75, 3.05) is 6.54 Å². The second kappa shape index (κ2) is 6.69. The van der Waals surface area contributed by atoms with E-state index in [0.717, 1.165) is 5.56 Å². The van der Waals surface area contributed by atoms with Crippen LogP contribution < -0.4 is 5.32 Å². The number of carbonyl (C=O) groups is 1. The van der Waals surface area contributed by atoms with Crippen LogP contribution in [-0.2, 0) is 0 Å². The molecule has 2 nitrogen and oxygen atoms in total. The average molecular weight is 265 g/mol. The van der Waals surface area contributed by atoms with Gasteiger partial charge in [0, 0.05) is 12.1 Å². The first-order chi connectivity index (χ1) is 8.81. The van der Waals surface area contributed by atoms with Crippen LogP contribution in [0.4, 0.5) is 4.39 Å². The Morgan fingerprint density at radius 2 is 1.74 bits per heavy atom. The molecule has 0 fully saturated rings. The fourth-order valence-corrected chi connectivity index (χ4v) is 2.42. The Balaban J connectivity index is 2.69. The van der Waals surface area contributed by atoms with E-state index in [-0.39, 0.29) is 11.7 Å². The van der Waals surface area contributed by atoms with E-state index in [9.17, 15) is 9.18 Å². The minimum atomic E-state index is -0.366. The molecule has 1 N–H and O–H groups in total. The average Bonchev–Trinajstić information content (AvgIpc) is 2.26. The highest BCUT2D eigenvalue weighted by atomic mass is 19.1. The molecule has 0 aliphatic rings. The van der Waals surface area contributed by atoms with E-state index in [1.54, 1.807) is 13.0 Å². The largest absolute Gasteiger partial charge is 0.352 e. The number of aryl methyl sites for hydroxylation is 1. The number of rotatable bonds is 5. The number of hydrogen-bond donors (Lipinski definition) is 1. The van der Waals surface area contributed by atoms with Crippen LogP contribution in [-0.4, -0.2) is 12.5 Å². The van der Waals surface area contributed by atoms with E-state index in [0.29, 0.717) is 29.9 Å². The van der Waals surface area contributed by atoms with Gasteiger partial charge in [-0.15, -0.1) is 0 Å². The number of benzene rings is 1. The molecule has 0 aromatic heterocycles. The summed E-state index contributed by atoms with van der Waals surface area (Å²) in [5.41, 5.74) is 1.15. The summed E-state index contributed by atoms with van der Waals surface area (Å²) < 4.78 is 13.3. The highest BCUT2D eigenvalue weighted by Crippen LogP contribution is 2.19. The third kappa shape index (κ3) is 4.66. The van der Waals surface area contributed by atoms with Crippen molar-refractivity contribution in [3.63, 3.8) is 0 Å². The maximum absolute atomic E-state index is 13.3. The Bertz CT molecular complexity index is 412. The van der Waals surface area contributed by atoms with Gasteiger partial charge in [0.1, 0.15) is 5.82 Å². The van der Waals surface area contributed by atoms with Gasteiger partial charge in [0.2, 0.25) is 0 Å². The van der Waals surface area contributed by atoms with Crippen LogP contribution in [0.1, 0.15) is 43.6 Å². The fourth-order valence-electron chi connectivity index (χ4n) is 2.42. The molecule has 0 heterocycles. The van der Waals surface area contributed by atoms with Gasteiger partial charge in [-0.2, -0.15) is 0 Å². The summed E-state index contributed by atoms with van der Waals surface area (Å²) in [7, 11) is 0. The van der Waals surface area contributed by atoms with Crippen molar-refractivity contribution in [2.45, 2.75) is 34.6 Å². The van der Waals surface area contributed by atoms with Crippen LogP contribution in [0.25, 0.3) is 0 Å². The maximum atomic E-state index is 13.3. The summed E-state index contributed by atoms with van der Waals surface area (Å²) >= 11 is 0. The van der Waals surface area contributed by atoms with Crippen molar-refractivity contribution >= 4 is 5.91 Å². The summed E-state index contributed by atoms with van der Waals surface area (Å²) in [6, 6.07) is 4.40. The topological polar surface area (TPSA) is 29.1 Å². The molecule has 106 valence electrons. The standard InChI is InChI=1S/C16H24FNO/c1-10(2)15(11(3)4)9-18-16(19)13-6-12(5)7-14(17)8-13/h6-8,10-11,15H,9H2,1-5H3,(H,18,19). The zero-order chi connectivity index (χ0) is 14.6. The van der Waals surface area contributed by atoms with Crippen molar-refractivity contribution in [1.82, 2.24) is 5.32 Å². The minimum absolute atomic E-state index is 0.200. The molecule has 0 bridgehead atoms. The zero-order valence-corrected chi connectivity index (χ0v) is 12.5. The van der Waals surface area contributed by atoms with Crippen LogP contribution in [0.2, 0.25) is 0 Å². The lowest BCUT2D eigenvalue weighted by Gasteiger charge is -2.25. The second-order valence-electron chi connectivity index (χ2n) is 5.88. The van der Waals surface area contributed by atoms with Crippen molar-refractivity contribution in [3.8, 4) is 0 Å². The molecular formula is C16H24FNO. The third-order valence-electron chi connectivity index (χ3n) is 3.52. The molecule has 0 spiro atoms. The molecule has 0 aliphatic carbocycles. The van der Waals surface area contributed by atoms with Crippen molar-refractivity contribution in [3.05, 3.63) is 35.1 Å². The molecule has 0 radical (unpaired) electrons. The molecule has 1 rings (SSSR count). The molecule has 0 saturated carbocycles. The van der Waals surface area contributed by atoms with Gasteiger partial charge in [0.25, 0.3) is 5.91 Å². The molecule has 0 unspecified atom stereocenters. The lowest BCUT2D eigenvalue weighted by atomic mass is 9.85. The summed E-state index contributed by atoms with van der Waals surface area (Å²) in [5.74, 6) is 0.881. The summed E-state index contributed by atoms with van der Waals surface area (Å²) in [6.45, 7) is 11.0. The lowest BCUT2D eigenvalue weighted by Crippen LogP contribution is -2.34. The number of amides is 1. The van der Waals surface area contributed by atoms with Crippen LogP contribution in [0.15, 0.2) is 18.2 Å². The van der Waals surface area contributed by atoms with E-state index >= 15 is 0 Å². The van der Waals surface area contributed by atoms with Gasteiger partial charge in [-0.05, 0) is 48.4 Å². The van der Waals surface area contributed by atoms with Gasteiger partial charge < -0.3 is 5.32 Å². The van der Waals surface area contributed by atoms with Gasteiger partial charge in [-0.3, -0.25) is 4.79 Å². The Kier molecular flexibility index (Phi) is 5.52. The minimum Gasteiger partial charge on any atom is -0.352 e. The second-order valence-corrected chi connectivity index (χ2v) is 5.88. The highest BCUT2D eigenvalue weighted by Gasteiger charge is 2.18. The Morgan fingerprint density at radius 3 is 2.21 bits per heavy atom. The maximum Gasteiger partial charge on any atom is 0.251 e. The fraction of sp³-hybridized carbons (Fsp3) is 0.562. The lowest BCUT2D eigenvalue weighted by molar-refractivity contribution is 0.0936.